The number of aromatic nitrogens is 1. The molecule has 2 aromatic rings. The van der Waals surface area contributed by atoms with Gasteiger partial charge in [0.05, 0.1) is 6.04 Å². The molecule has 0 radical (unpaired) electrons. The second-order valence-corrected chi connectivity index (χ2v) is 6.50. The van der Waals surface area contributed by atoms with Gasteiger partial charge in [-0.1, -0.05) is 18.2 Å². The minimum atomic E-state index is -0.222. The third-order valence-electron chi connectivity index (χ3n) is 3.78. The Kier molecular flexibility index (Phi) is 6.59. The summed E-state index contributed by atoms with van der Waals surface area (Å²) in [4.78, 5) is 18.1. The lowest BCUT2D eigenvalue weighted by Gasteiger charge is -2.25. The first-order chi connectivity index (χ1) is 11.1. The number of benzene rings is 1. The number of hydrogen-bond acceptors (Lipinski definition) is 3. The first-order valence-electron chi connectivity index (χ1n) is 7.55. The van der Waals surface area contributed by atoms with Gasteiger partial charge in [-0.2, -0.15) is 11.8 Å². The number of amides is 1. The van der Waals surface area contributed by atoms with Crippen LogP contribution in [0.4, 0.5) is 4.39 Å². The van der Waals surface area contributed by atoms with E-state index < -0.39 is 0 Å². The number of rotatable bonds is 7. The highest BCUT2D eigenvalue weighted by Crippen LogP contribution is 2.19. The van der Waals surface area contributed by atoms with Gasteiger partial charge in [0, 0.05) is 37.4 Å². The van der Waals surface area contributed by atoms with Crippen LogP contribution in [0.25, 0.3) is 0 Å². The molecule has 1 aromatic carbocycles. The van der Waals surface area contributed by atoms with Crippen LogP contribution in [-0.2, 0) is 10.5 Å². The zero-order valence-electron chi connectivity index (χ0n) is 13.4. The zero-order valence-corrected chi connectivity index (χ0v) is 14.2. The van der Waals surface area contributed by atoms with Crippen molar-refractivity contribution in [1.82, 2.24) is 9.88 Å². The Morgan fingerprint density at radius 2 is 2.04 bits per heavy atom. The summed E-state index contributed by atoms with van der Waals surface area (Å²) in [5.41, 5.74) is 2.10. The molecule has 1 aromatic heterocycles. The largest absolute Gasteiger partial charge is 0.339 e. The monoisotopic (exact) mass is 332 g/mol. The van der Waals surface area contributed by atoms with Crippen LogP contribution in [0.3, 0.4) is 0 Å². The molecule has 1 atom stereocenters. The van der Waals surface area contributed by atoms with Crippen LogP contribution >= 0.6 is 11.8 Å². The number of carbonyl (C=O) groups is 1. The molecule has 0 N–H and O–H groups in total. The Bertz CT molecular complexity index is 619. The molecular formula is C18H21FN2OS. The molecule has 0 aliphatic rings. The molecule has 0 saturated heterocycles. The van der Waals surface area contributed by atoms with Crippen molar-refractivity contribution in [3.8, 4) is 0 Å². The number of pyridine rings is 1. The maximum Gasteiger partial charge on any atom is 0.223 e. The summed E-state index contributed by atoms with van der Waals surface area (Å²) in [6, 6.07) is 10.3. The van der Waals surface area contributed by atoms with Crippen LogP contribution < -0.4 is 0 Å². The van der Waals surface area contributed by atoms with Gasteiger partial charge in [-0.25, -0.2) is 4.39 Å². The smallest absolute Gasteiger partial charge is 0.223 e. The second-order valence-electron chi connectivity index (χ2n) is 5.40. The van der Waals surface area contributed by atoms with Gasteiger partial charge >= 0.3 is 0 Å². The van der Waals surface area contributed by atoms with E-state index in [1.165, 1.54) is 12.1 Å². The Hall–Kier alpha value is -1.88. The third-order valence-corrected chi connectivity index (χ3v) is 4.81. The van der Waals surface area contributed by atoms with Crippen LogP contribution in [0, 0.1) is 5.82 Å². The minimum Gasteiger partial charge on any atom is -0.339 e. The fraction of sp³-hybridized carbons (Fsp3) is 0.333. The van der Waals surface area contributed by atoms with Gasteiger partial charge in [0.2, 0.25) is 5.91 Å². The molecule has 1 amide bonds. The van der Waals surface area contributed by atoms with Gasteiger partial charge in [0.15, 0.2) is 0 Å². The van der Waals surface area contributed by atoms with E-state index in [4.69, 9.17) is 0 Å². The minimum absolute atomic E-state index is 0.0123. The zero-order chi connectivity index (χ0) is 16.7. The topological polar surface area (TPSA) is 33.2 Å². The van der Waals surface area contributed by atoms with E-state index in [0.29, 0.717) is 6.42 Å². The third kappa shape index (κ3) is 5.36. The summed E-state index contributed by atoms with van der Waals surface area (Å²) < 4.78 is 12.8. The Labute approximate surface area is 140 Å². The lowest BCUT2D eigenvalue weighted by atomic mass is 10.1. The molecule has 1 heterocycles. The van der Waals surface area contributed by atoms with Crippen molar-refractivity contribution in [1.29, 1.82) is 0 Å². The van der Waals surface area contributed by atoms with Crippen LogP contribution in [0.5, 0.6) is 0 Å². The highest BCUT2D eigenvalue weighted by Gasteiger charge is 2.16. The molecule has 0 saturated carbocycles. The predicted octanol–water partition coefficient (Wildman–Crippen LogP) is 4.06. The standard InChI is InChI=1S/C18H21FN2OS/c1-14(16-4-3-10-20-12-16)21(2)18(22)9-11-23-13-15-5-7-17(19)8-6-15/h3-8,10,12,14H,9,11,13H2,1-2H3. The molecule has 0 bridgehead atoms. The van der Waals surface area contributed by atoms with Crippen LogP contribution in [0.2, 0.25) is 0 Å². The average molecular weight is 332 g/mol. The molecule has 23 heavy (non-hydrogen) atoms. The van der Waals surface area contributed by atoms with Crippen molar-refractivity contribution >= 4 is 17.7 Å². The van der Waals surface area contributed by atoms with Crippen molar-refractivity contribution in [2.45, 2.75) is 25.1 Å². The Morgan fingerprint density at radius 1 is 1.30 bits per heavy atom. The van der Waals surface area contributed by atoms with E-state index in [0.717, 1.165) is 22.6 Å². The lowest BCUT2D eigenvalue weighted by Crippen LogP contribution is -2.29. The number of halogens is 1. The van der Waals surface area contributed by atoms with E-state index in [2.05, 4.69) is 4.98 Å². The predicted molar refractivity (Wildman–Crippen MR) is 92.6 cm³/mol. The number of nitrogens with zero attached hydrogens (tertiary/aromatic N) is 2. The van der Waals surface area contributed by atoms with E-state index in [9.17, 15) is 9.18 Å². The molecule has 2 rings (SSSR count). The maximum atomic E-state index is 12.8. The molecule has 0 aliphatic heterocycles. The number of thioether (sulfide) groups is 1. The molecule has 122 valence electrons. The normalized spacial score (nSPS) is 12.0. The molecule has 0 aliphatic carbocycles. The van der Waals surface area contributed by atoms with E-state index in [-0.39, 0.29) is 17.8 Å². The molecule has 0 spiro atoms. The van der Waals surface area contributed by atoms with Crippen molar-refractivity contribution in [3.05, 3.63) is 65.7 Å². The molecule has 5 heteroatoms. The van der Waals surface area contributed by atoms with Gasteiger partial charge in [0.1, 0.15) is 5.82 Å². The van der Waals surface area contributed by atoms with Crippen molar-refractivity contribution in [3.63, 3.8) is 0 Å². The van der Waals surface area contributed by atoms with E-state index in [1.807, 2.05) is 26.1 Å². The summed E-state index contributed by atoms with van der Waals surface area (Å²) in [6.07, 6.45) is 4.01. The molecular weight excluding hydrogens is 311 g/mol. The number of carbonyl (C=O) groups excluding carboxylic acids is 1. The fourth-order valence-electron chi connectivity index (χ4n) is 2.17. The first-order valence-corrected chi connectivity index (χ1v) is 8.71. The summed E-state index contributed by atoms with van der Waals surface area (Å²) in [5, 5.41) is 0. The molecule has 3 nitrogen and oxygen atoms in total. The van der Waals surface area contributed by atoms with Gasteiger partial charge in [-0.3, -0.25) is 9.78 Å². The van der Waals surface area contributed by atoms with E-state index in [1.54, 1.807) is 41.2 Å². The average Bonchev–Trinajstić information content (AvgIpc) is 2.59. The van der Waals surface area contributed by atoms with Gasteiger partial charge in [-0.05, 0) is 36.2 Å². The first kappa shape index (κ1) is 17.5. The SMILES string of the molecule is CC(c1cccnc1)N(C)C(=O)CCSCc1ccc(F)cc1. The van der Waals surface area contributed by atoms with Gasteiger partial charge in [-0.15, -0.1) is 0 Å². The highest BCUT2D eigenvalue weighted by molar-refractivity contribution is 7.98. The molecule has 1 unspecified atom stereocenters. The van der Waals surface area contributed by atoms with Crippen molar-refractivity contribution in [2.75, 3.05) is 12.8 Å². The fourth-order valence-corrected chi connectivity index (χ4v) is 3.06. The summed E-state index contributed by atoms with van der Waals surface area (Å²) >= 11 is 1.68. The van der Waals surface area contributed by atoms with Crippen LogP contribution in [0.1, 0.15) is 30.5 Å². The lowest BCUT2D eigenvalue weighted by molar-refractivity contribution is -0.131. The Balaban J connectivity index is 1.74. The van der Waals surface area contributed by atoms with Crippen LogP contribution in [-0.4, -0.2) is 28.6 Å². The van der Waals surface area contributed by atoms with E-state index >= 15 is 0 Å². The van der Waals surface area contributed by atoms with Crippen molar-refractivity contribution < 1.29 is 9.18 Å². The number of hydrogen-bond donors (Lipinski definition) is 0. The van der Waals surface area contributed by atoms with Gasteiger partial charge in [0.25, 0.3) is 0 Å². The molecule has 0 fully saturated rings. The summed E-state index contributed by atoms with van der Waals surface area (Å²) in [5.74, 6) is 1.43. The van der Waals surface area contributed by atoms with Crippen molar-refractivity contribution in [2.24, 2.45) is 0 Å². The summed E-state index contributed by atoms with van der Waals surface area (Å²) in [7, 11) is 1.82. The van der Waals surface area contributed by atoms with Crippen LogP contribution in [0.15, 0.2) is 48.8 Å². The summed E-state index contributed by atoms with van der Waals surface area (Å²) in [6.45, 7) is 2.00. The Morgan fingerprint density at radius 3 is 2.70 bits per heavy atom. The maximum absolute atomic E-state index is 12.8. The second kappa shape index (κ2) is 8.67. The van der Waals surface area contributed by atoms with Gasteiger partial charge < -0.3 is 4.90 Å². The quantitative estimate of drug-likeness (QED) is 0.717. The highest BCUT2D eigenvalue weighted by atomic mass is 32.2.